The third-order valence-electron chi connectivity index (χ3n) is 5.24. The van der Waals surface area contributed by atoms with Crippen molar-refractivity contribution in [2.24, 2.45) is 0 Å². The fourth-order valence-corrected chi connectivity index (χ4v) is 3.92. The molecule has 0 saturated carbocycles. The van der Waals surface area contributed by atoms with Crippen LogP contribution in [0, 0.1) is 0 Å². The highest BCUT2D eigenvalue weighted by atomic mass is 16.5. The topological polar surface area (TPSA) is 86.4 Å². The molecule has 1 amide bonds. The van der Waals surface area contributed by atoms with E-state index in [2.05, 4.69) is 4.98 Å². The summed E-state index contributed by atoms with van der Waals surface area (Å²) in [6.45, 7) is 4.73. The zero-order chi connectivity index (χ0) is 21.3. The molecule has 0 bridgehead atoms. The van der Waals surface area contributed by atoms with Crippen LogP contribution in [0.2, 0.25) is 0 Å². The maximum absolute atomic E-state index is 13.3. The van der Waals surface area contributed by atoms with Gasteiger partial charge in [0, 0.05) is 19.3 Å². The summed E-state index contributed by atoms with van der Waals surface area (Å²) < 4.78 is 8.18. The lowest BCUT2D eigenvalue weighted by Gasteiger charge is -2.35. The summed E-state index contributed by atoms with van der Waals surface area (Å²) in [6.07, 6.45) is 1.37. The van der Waals surface area contributed by atoms with Gasteiger partial charge < -0.3 is 9.64 Å². The Labute approximate surface area is 173 Å². The molecule has 0 N–H and O–H groups in total. The molecular formula is C22H24N4O4. The molecule has 156 valence electrons. The van der Waals surface area contributed by atoms with Crippen LogP contribution < -0.4 is 11.2 Å². The fourth-order valence-electron chi connectivity index (χ4n) is 3.92. The number of carbonyl (C=O) groups is 1. The normalized spacial score (nSPS) is 19.2. The summed E-state index contributed by atoms with van der Waals surface area (Å²) in [5.41, 5.74) is 0.369. The van der Waals surface area contributed by atoms with Crippen molar-refractivity contribution in [2.75, 3.05) is 13.1 Å². The van der Waals surface area contributed by atoms with Crippen LogP contribution in [0.15, 0.2) is 58.3 Å². The van der Waals surface area contributed by atoms with Crippen LogP contribution in [-0.2, 0) is 22.6 Å². The summed E-state index contributed by atoms with van der Waals surface area (Å²) in [5, 5.41) is 0. The molecule has 0 aliphatic carbocycles. The van der Waals surface area contributed by atoms with Crippen molar-refractivity contribution in [1.82, 2.24) is 19.0 Å². The quantitative estimate of drug-likeness (QED) is 0.648. The van der Waals surface area contributed by atoms with Gasteiger partial charge in [0.25, 0.3) is 5.56 Å². The van der Waals surface area contributed by atoms with E-state index < -0.39 is 11.2 Å². The summed E-state index contributed by atoms with van der Waals surface area (Å²) in [6, 6.07) is 12.6. The SMILES string of the molecule is CC1CN(C(=O)Cn2c(=O)n(Cc3ccccc3)c(=O)c3ncccc32)CC(C)O1. The Kier molecular flexibility index (Phi) is 5.50. The monoisotopic (exact) mass is 408 g/mol. The molecule has 1 aliphatic heterocycles. The first-order valence-electron chi connectivity index (χ1n) is 9.99. The van der Waals surface area contributed by atoms with Crippen molar-refractivity contribution in [3.8, 4) is 0 Å². The van der Waals surface area contributed by atoms with Crippen LogP contribution in [0.5, 0.6) is 0 Å². The van der Waals surface area contributed by atoms with Crippen LogP contribution in [0.1, 0.15) is 19.4 Å². The summed E-state index contributed by atoms with van der Waals surface area (Å²) in [5.74, 6) is -0.186. The average molecular weight is 408 g/mol. The van der Waals surface area contributed by atoms with Crippen molar-refractivity contribution >= 4 is 16.9 Å². The molecule has 1 fully saturated rings. The smallest absolute Gasteiger partial charge is 0.332 e. The predicted molar refractivity (Wildman–Crippen MR) is 112 cm³/mol. The van der Waals surface area contributed by atoms with E-state index in [4.69, 9.17) is 4.74 Å². The van der Waals surface area contributed by atoms with Crippen LogP contribution in [-0.4, -0.2) is 50.2 Å². The van der Waals surface area contributed by atoms with Crippen LogP contribution in [0.3, 0.4) is 0 Å². The Balaban J connectivity index is 1.76. The van der Waals surface area contributed by atoms with Crippen molar-refractivity contribution in [1.29, 1.82) is 0 Å². The summed E-state index contributed by atoms with van der Waals surface area (Å²) >= 11 is 0. The molecular weight excluding hydrogens is 384 g/mol. The first-order valence-corrected chi connectivity index (χ1v) is 9.99. The minimum Gasteiger partial charge on any atom is -0.372 e. The van der Waals surface area contributed by atoms with E-state index in [1.807, 2.05) is 44.2 Å². The number of ether oxygens (including phenoxy) is 1. The predicted octanol–water partition coefficient (Wildman–Crippen LogP) is 1.24. The number of carbonyl (C=O) groups excluding carboxylic acids is 1. The number of amides is 1. The van der Waals surface area contributed by atoms with Gasteiger partial charge in [-0.1, -0.05) is 30.3 Å². The van der Waals surface area contributed by atoms with Gasteiger partial charge in [-0.3, -0.25) is 18.7 Å². The Morgan fingerprint density at radius 3 is 2.43 bits per heavy atom. The molecule has 1 aromatic carbocycles. The van der Waals surface area contributed by atoms with Gasteiger partial charge in [0.05, 0.1) is 24.3 Å². The van der Waals surface area contributed by atoms with Crippen LogP contribution in [0.4, 0.5) is 0 Å². The van der Waals surface area contributed by atoms with Crippen LogP contribution >= 0.6 is 0 Å². The number of hydrogen-bond acceptors (Lipinski definition) is 5. The zero-order valence-electron chi connectivity index (χ0n) is 17.0. The molecule has 2 atom stereocenters. The maximum atomic E-state index is 13.3. The van der Waals surface area contributed by atoms with Crippen molar-refractivity contribution in [2.45, 2.75) is 39.1 Å². The van der Waals surface area contributed by atoms with Crippen molar-refractivity contribution in [3.63, 3.8) is 0 Å². The van der Waals surface area contributed by atoms with Gasteiger partial charge in [0.1, 0.15) is 6.54 Å². The van der Waals surface area contributed by atoms with Gasteiger partial charge in [0.15, 0.2) is 5.52 Å². The molecule has 3 aromatic rings. The van der Waals surface area contributed by atoms with Crippen molar-refractivity contribution < 1.29 is 9.53 Å². The summed E-state index contributed by atoms with van der Waals surface area (Å²) in [4.78, 5) is 45.1. The van der Waals surface area contributed by atoms with Gasteiger partial charge >= 0.3 is 5.69 Å². The highest BCUT2D eigenvalue weighted by Crippen LogP contribution is 2.12. The number of benzene rings is 1. The number of morpholine rings is 1. The van der Waals surface area contributed by atoms with Gasteiger partial charge in [0.2, 0.25) is 5.91 Å². The lowest BCUT2D eigenvalue weighted by atomic mass is 10.2. The number of nitrogens with zero attached hydrogens (tertiary/aromatic N) is 4. The van der Waals surface area contributed by atoms with Crippen LogP contribution in [0.25, 0.3) is 11.0 Å². The van der Waals surface area contributed by atoms with E-state index >= 15 is 0 Å². The number of aromatic nitrogens is 3. The molecule has 0 radical (unpaired) electrons. The second-order valence-electron chi connectivity index (χ2n) is 7.67. The molecule has 8 heteroatoms. The maximum Gasteiger partial charge on any atom is 0.332 e. The third kappa shape index (κ3) is 3.91. The summed E-state index contributed by atoms with van der Waals surface area (Å²) in [7, 11) is 0. The molecule has 8 nitrogen and oxygen atoms in total. The minimum atomic E-state index is -0.521. The Morgan fingerprint density at radius 2 is 1.73 bits per heavy atom. The van der Waals surface area contributed by atoms with Gasteiger partial charge in [-0.15, -0.1) is 0 Å². The highest BCUT2D eigenvalue weighted by molar-refractivity contribution is 5.79. The molecule has 2 unspecified atom stereocenters. The second kappa shape index (κ2) is 8.23. The highest BCUT2D eigenvalue weighted by Gasteiger charge is 2.27. The number of rotatable bonds is 4. The average Bonchev–Trinajstić information content (AvgIpc) is 2.74. The van der Waals surface area contributed by atoms with E-state index in [-0.39, 0.29) is 36.7 Å². The molecule has 30 heavy (non-hydrogen) atoms. The lowest BCUT2D eigenvalue weighted by molar-refractivity contribution is -0.143. The molecule has 3 heterocycles. The van der Waals surface area contributed by atoms with Gasteiger partial charge in [-0.05, 0) is 31.5 Å². The lowest BCUT2D eigenvalue weighted by Crippen LogP contribution is -2.50. The number of fused-ring (bicyclic) bond motifs is 1. The first kappa shape index (κ1) is 20.0. The Hall–Kier alpha value is -3.26. The van der Waals surface area contributed by atoms with Crippen molar-refractivity contribution in [3.05, 3.63) is 75.1 Å². The number of hydrogen-bond donors (Lipinski definition) is 0. The van der Waals surface area contributed by atoms with E-state index in [0.717, 1.165) is 10.1 Å². The zero-order valence-corrected chi connectivity index (χ0v) is 17.0. The molecule has 1 saturated heterocycles. The first-order chi connectivity index (χ1) is 14.4. The van der Waals surface area contributed by atoms with E-state index in [0.29, 0.717) is 18.6 Å². The van der Waals surface area contributed by atoms with E-state index in [9.17, 15) is 14.4 Å². The third-order valence-corrected chi connectivity index (χ3v) is 5.24. The Morgan fingerprint density at radius 1 is 1.03 bits per heavy atom. The fraction of sp³-hybridized carbons (Fsp3) is 0.364. The molecule has 1 aliphatic rings. The van der Waals surface area contributed by atoms with Gasteiger partial charge in [-0.25, -0.2) is 9.78 Å². The molecule has 0 spiro atoms. The minimum absolute atomic E-state index is 0.0696. The second-order valence-corrected chi connectivity index (χ2v) is 7.67. The molecule has 4 rings (SSSR count). The number of pyridine rings is 1. The van der Waals surface area contributed by atoms with E-state index in [1.165, 1.54) is 10.8 Å². The molecule has 2 aromatic heterocycles. The van der Waals surface area contributed by atoms with Gasteiger partial charge in [-0.2, -0.15) is 0 Å². The Bertz CT molecular complexity index is 1180. The largest absolute Gasteiger partial charge is 0.372 e. The standard InChI is InChI=1S/C22H24N4O4/c1-15-11-24(12-16(2)30-15)19(27)14-25-18-9-6-10-23-20(18)21(28)26(22(25)29)13-17-7-4-3-5-8-17/h3-10,15-16H,11-14H2,1-2H3. The van der Waals surface area contributed by atoms with E-state index in [1.54, 1.807) is 17.0 Å².